The van der Waals surface area contributed by atoms with Crippen LogP contribution in [0.4, 0.5) is 0 Å². The number of pyridine rings is 1. The van der Waals surface area contributed by atoms with E-state index in [1.807, 2.05) is 30.3 Å². The lowest BCUT2D eigenvalue weighted by molar-refractivity contribution is 1.23. The molecule has 6 aromatic carbocycles. The first-order valence-corrected chi connectivity index (χ1v) is 13.5. The number of benzene rings is 6. The van der Waals surface area contributed by atoms with Crippen molar-refractivity contribution in [3.05, 3.63) is 140 Å². The molecule has 0 unspecified atom stereocenters. The molecular weight excluding hydrogens is 486 g/mol. The number of para-hydroxylation sites is 2. The standard InChI is InChI=1S/C37H23N3/c1-2-11-25(12-3-1)35-30-15-7-9-17-33(30)39-37(40-35)27-20-18-26(19-21-27)36-31-23-22-24-10-4-5-13-28(24)34(31)29-14-6-8-16-32(29)38-36/h1-23H. The molecule has 0 aliphatic heterocycles. The predicted molar refractivity (Wildman–Crippen MR) is 166 cm³/mol. The maximum absolute atomic E-state index is 5.15. The topological polar surface area (TPSA) is 38.7 Å². The SMILES string of the molecule is c1ccc(-c2nc(-c3ccc(-c4nc5ccccc5c5c4ccc4ccccc45)cc3)nc3ccccc23)cc1. The smallest absolute Gasteiger partial charge is 0.160 e. The summed E-state index contributed by atoms with van der Waals surface area (Å²) in [5.74, 6) is 0.714. The largest absolute Gasteiger partial charge is 0.247 e. The van der Waals surface area contributed by atoms with Gasteiger partial charge in [0.2, 0.25) is 0 Å². The van der Waals surface area contributed by atoms with Crippen molar-refractivity contribution in [2.24, 2.45) is 0 Å². The third-order valence-electron chi connectivity index (χ3n) is 7.66. The molecule has 8 aromatic rings. The van der Waals surface area contributed by atoms with E-state index in [1.54, 1.807) is 0 Å². The summed E-state index contributed by atoms with van der Waals surface area (Å²) >= 11 is 0. The molecule has 186 valence electrons. The summed E-state index contributed by atoms with van der Waals surface area (Å²) in [6.07, 6.45) is 0. The molecule has 0 radical (unpaired) electrons. The minimum Gasteiger partial charge on any atom is -0.247 e. The minimum absolute atomic E-state index is 0.714. The maximum atomic E-state index is 5.15. The first kappa shape index (κ1) is 22.6. The van der Waals surface area contributed by atoms with Crippen molar-refractivity contribution in [2.45, 2.75) is 0 Å². The Hall–Kier alpha value is -5.41. The summed E-state index contributed by atoms with van der Waals surface area (Å²) < 4.78 is 0. The van der Waals surface area contributed by atoms with Gasteiger partial charge in [-0.25, -0.2) is 15.0 Å². The van der Waals surface area contributed by atoms with Crippen LogP contribution >= 0.6 is 0 Å². The molecule has 0 spiro atoms. The highest BCUT2D eigenvalue weighted by atomic mass is 14.9. The summed E-state index contributed by atoms with van der Waals surface area (Å²) in [6.45, 7) is 0. The quantitative estimate of drug-likeness (QED) is 0.223. The molecule has 2 aromatic heterocycles. The van der Waals surface area contributed by atoms with Gasteiger partial charge in [-0.05, 0) is 22.9 Å². The third kappa shape index (κ3) is 3.63. The van der Waals surface area contributed by atoms with Gasteiger partial charge in [-0.15, -0.1) is 0 Å². The molecule has 3 nitrogen and oxygen atoms in total. The first-order valence-electron chi connectivity index (χ1n) is 13.5. The summed E-state index contributed by atoms with van der Waals surface area (Å²) in [6, 6.07) is 48.4. The molecule has 0 fully saturated rings. The van der Waals surface area contributed by atoms with Crippen molar-refractivity contribution in [3.8, 4) is 33.9 Å². The van der Waals surface area contributed by atoms with Gasteiger partial charge in [-0.3, -0.25) is 0 Å². The highest BCUT2D eigenvalue weighted by Gasteiger charge is 2.15. The average Bonchev–Trinajstić information content (AvgIpc) is 3.04. The van der Waals surface area contributed by atoms with E-state index in [0.717, 1.165) is 49.9 Å². The van der Waals surface area contributed by atoms with E-state index in [4.69, 9.17) is 15.0 Å². The molecule has 0 bridgehead atoms. The third-order valence-corrected chi connectivity index (χ3v) is 7.66. The van der Waals surface area contributed by atoms with E-state index in [9.17, 15) is 0 Å². The van der Waals surface area contributed by atoms with E-state index in [1.165, 1.54) is 21.5 Å². The summed E-state index contributed by atoms with van der Waals surface area (Å²) in [5, 5.41) is 7.09. The fourth-order valence-corrected chi connectivity index (χ4v) is 5.74. The molecule has 0 amide bonds. The second kappa shape index (κ2) is 9.11. The molecule has 2 heterocycles. The normalized spacial score (nSPS) is 11.5. The zero-order chi connectivity index (χ0) is 26.5. The average molecular weight is 510 g/mol. The Bertz CT molecular complexity index is 2190. The van der Waals surface area contributed by atoms with Gasteiger partial charge < -0.3 is 0 Å². The minimum atomic E-state index is 0.714. The lowest BCUT2D eigenvalue weighted by Gasteiger charge is -2.13. The number of nitrogens with zero attached hydrogens (tertiary/aromatic N) is 3. The van der Waals surface area contributed by atoms with Gasteiger partial charge in [0.25, 0.3) is 0 Å². The van der Waals surface area contributed by atoms with Crippen LogP contribution in [0, 0.1) is 0 Å². The number of aromatic nitrogens is 3. The Morgan fingerprint density at radius 1 is 0.325 bits per heavy atom. The van der Waals surface area contributed by atoms with Crippen molar-refractivity contribution in [2.75, 3.05) is 0 Å². The zero-order valence-corrected chi connectivity index (χ0v) is 21.6. The highest BCUT2D eigenvalue weighted by molar-refractivity contribution is 6.22. The molecule has 0 saturated heterocycles. The number of fused-ring (bicyclic) bond motifs is 6. The van der Waals surface area contributed by atoms with Crippen LogP contribution in [0.1, 0.15) is 0 Å². The van der Waals surface area contributed by atoms with Crippen LogP contribution in [-0.2, 0) is 0 Å². The van der Waals surface area contributed by atoms with Gasteiger partial charge >= 0.3 is 0 Å². The second-order valence-corrected chi connectivity index (χ2v) is 10.0. The van der Waals surface area contributed by atoms with Crippen LogP contribution in [0.15, 0.2) is 140 Å². The van der Waals surface area contributed by atoms with Crippen molar-refractivity contribution in [3.63, 3.8) is 0 Å². The van der Waals surface area contributed by atoms with Gasteiger partial charge in [0.1, 0.15) is 0 Å². The van der Waals surface area contributed by atoms with Crippen molar-refractivity contribution >= 4 is 43.4 Å². The van der Waals surface area contributed by atoms with Crippen LogP contribution < -0.4 is 0 Å². The van der Waals surface area contributed by atoms with Gasteiger partial charge in [-0.2, -0.15) is 0 Å². The van der Waals surface area contributed by atoms with Crippen LogP contribution in [0.2, 0.25) is 0 Å². The lowest BCUT2D eigenvalue weighted by atomic mass is 9.95. The fourth-order valence-electron chi connectivity index (χ4n) is 5.74. The molecule has 0 saturated carbocycles. The second-order valence-electron chi connectivity index (χ2n) is 10.0. The van der Waals surface area contributed by atoms with Gasteiger partial charge in [-0.1, -0.05) is 127 Å². The first-order chi connectivity index (χ1) is 19.8. The van der Waals surface area contributed by atoms with Gasteiger partial charge in [0.05, 0.1) is 22.4 Å². The van der Waals surface area contributed by atoms with Crippen molar-refractivity contribution in [1.29, 1.82) is 0 Å². The number of rotatable bonds is 3. The van der Waals surface area contributed by atoms with E-state index >= 15 is 0 Å². The van der Waals surface area contributed by atoms with Crippen LogP contribution in [0.3, 0.4) is 0 Å². The molecule has 3 heteroatoms. The molecule has 0 aliphatic rings. The Morgan fingerprint density at radius 3 is 1.70 bits per heavy atom. The van der Waals surface area contributed by atoms with E-state index in [-0.39, 0.29) is 0 Å². The molecule has 0 atom stereocenters. The van der Waals surface area contributed by atoms with Gasteiger partial charge in [0, 0.05) is 38.2 Å². The molecule has 40 heavy (non-hydrogen) atoms. The fraction of sp³-hybridized carbons (Fsp3) is 0. The van der Waals surface area contributed by atoms with E-state index in [2.05, 4.69) is 109 Å². The molecular formula is C37H23N3. The zero-order valence-electron chi connectivity index (χ0n) is 21.6. The maximum Gasteiger partial charge on any atom is 0.160 e. The highest BCUT2D eigenvalue weighted by Crippen LogP contribution is 2.37. The Labute approximate surface area is 231 Å². The monoisotopic (exact) mass is 509 g/mol. The number of hydrogen-bond donors (Lipinski definition) is 0. The summed E-state index contributed by atoms with van der Waals surface area (Å²) in [4.78, 5) is 15.1. The van der Waals surface area contributed by atoms with Crippen LogP contribution in [0.5, 0.6) is 0 Å². The van der Waals surface area contributed by atoms with Crippen LogP contribution in [0.25, 0.3) is 77.3 Å². The van der Waals surface area contributed by atoms with E-state index in [0.29, 0.717) is 5.82 Å². The predicted octanol–water partition coefficient (Wildman–Crippen LogP) is 9.49. The summed E-state index contributed by atoms with van der Waals surface area (Å²) in [7, 11) is 0. The van der Waals surface area contributed by atoms with Crippen molar-refractivity contribution < 1.29 is 0 Å². The Balaban J connectivity index is 1.30. The Kier molecular flexibility index (Phi) is 5.14. The lowest BCUT2D eigenvalue weighted by Crippen LogP contribution is -1.95. The van der Waals surface area contributed by atoms with Gasteiger partial charge in [0.15, 0.2) is 5.82 Å². The summed E-state index contributed by atoms with van der Waals surface area (Å²) in [5.41, 5.74) is 6.98. The van der Waals surface area contributed by atoms with E-state index < -0.39 is 0 Å². The van der Waals surface area contributed by atoms with Crippen molar-refractivity contribution in [1.82, 2.24) is 15.0 Å². The van der Waals surface area contributed by atoms with Crippen LogP contribution in [-0.4, -0.2) is 15.0 Å². The molecule has 8 rings (SSSR count). The number of hydrogen-bond acceptors (Lipinski definition) is 3. The Morgan fingerprint density at radius 2 is 0.900 bits per heavy atom. The molecule has 0 N–H and O–H groups in total. The molecule has 0 aliphatic carbocycles.